The molecule has 0 aliphatic heterocycles. The molecule has 0 aliphatic rings. The van der Waals surface area contributed by atoms with Crippen LogP contribution in [-0.2, 0) is 6.54 Å². The fourth-order valence-corrected chi connectivity index (χ4v) is 2.39. The molecule has 1 N–H and O–H groups in total. The Labute approximate surface area is 125 Å². The second-order valence-electron chi connectivity index (χ2n) is 4.56. The molecule has 1 heterocycles. The van der Waals surface area contributed by atoms with E-state index in [1.165, 1.54) is 12.1 Å². The molecule has 5 heteroatoms. The van der Waals surface area contributed by atoms with E-state index in [2.05, 4.69) is 10.3 Å². The molecule has 2 nitrogen and oxygen atoms in total. The standard InChI is InChI=1S/C16H11ClF2N2/c17-12-7-6-10(16-11(12)3-2-8-20-16)9-21-14-5-1-4-13(18)15(14)19/h1-8,21H,9H2. The highest BCUT2D eigenvalue weighted by Gasteiger charge is 2.09. The van der Waals surface area contributed by atoms with Gasteiger partial charge in [0.15, 0.2) is 11.6 Å². The number of pyridine rings is 1. The molecule has 0 atom stereocenters. The predicted octanol–water partition coefficient (Wildman–Crippen LogP) is 4.78. The Hall–Kier alpha value is -2.20. The maximum atomic E-state index is 13.6. The van der Waals surface area contributed by atoms with Crippen molar-refractivity contribution in [3.8, 4) is 0 Å². The zero-order valence-electron chi connectivity index (χ0n) is 10.9. The molecule has 0 fully saturated rings. The van der Waals surface area contributed by atoms with E-state index in [4.69, 9.17) is 11.6 Å². The number of hydrogen-bond acceptors (Lipinski definition) is 2. The normalized spacial score (nSPS) is 10.8. The molecule has 0 amide bonds. The highest BCUT2D eigenvalue weighted by atomic mass is 35.5. The SMILES string of the molecule is Fc1cccc(NCc2ccc(Cl)c3cccnc23)c1F. The van der Waals surface area contributed by atoms with Crippen LogP contribution in [0.1, 0.15) is 5.56 Å². The van der Waals surface area contributed by atoms with Gasteiger partial charge in [-0.25, -0.2) is 8.78 Å². The maximum absolute atomic E-state index is 13.6. The van der Waals surface area contributed by atoms with E-state index in [0.717, 1.165) is 22.5 Å². The lowest BCUT2D eigenvalue weighted by molar-refractivity contribution is 0.511. The van der Waals surface area contributed by atoms with Crippen LogP contribution < -0.4 is 5.32 Å². The van der Waals surface area contributed by atoms with Gasteiger partial charge in [0.25, 0.3) is 0 Å². The summed E-state index contributed by atoms with van der Waals surface area (Å²) >= 11 is 6.12. The molecule has 1 aromatic heterocycles. The molecule has 0 unspecified atom stereocenters. The van der Waals surface area contributed by atoms with Gasteiger partial charge >= 0.3 is 0 Å². The minimum absolute atomic E-state index is 0.119. The summed E-state index contributed by atoms with van der Waals surface area (Å²) < 4.78 is 26.8. The van der Waals surface area contributed by atoms with Crippen molar-refractivity contribution < 1.29 is 8.78 Å². The molecule has 21 heavy (non-hydrogen) atoms. The Bertz CT molecular complexity index is 805. The largest absolute Gasteiger partial charge is 0.378 e. The summed E-state index contributed by atoms with van der Waals surface area (Å²) in [5.74, 6) is -1.76. The van der Waals surface area contributed by atoms with Crippen LogP contribution in [0.5, 0.6) is 0 Å². The van der Waals surface area contributed by atoms with Gasteiger partial charge in [0.05, 0.1) is 11.2 Å². The van der Waals surface area contributed by atoms with Gasteiger partial charge in [0.2, 0.25) is 0 Å². The molecular formula is C16H11ClF2N2. The molecule has 2 aromatic carbocycles. The number of nitrogens with one attached hydrogen (secondary N) is 1. The summed E-state index contributed by atoms with van der Waals surface area (Å²) in [6.45, 7) is 0.324. The van der Waals surface area contributed by atoms with Crippen LogP contribution in [-0.4, -0.2) is 4.98 Å². The van der Waals surface area contributed by atoms with Crippen LogP contribution in [0.25, 0.3) is 10.9 Å². The number of anilines is 1. The lowest BCUT2D eigenvalue weighted by Crippen LogP contribution is -2.03. The number of hydrogen-bond donors (Lipinski definition) is 1. The van der Waals surface area contributed by atoms with Crippen molar-refractivity contribution in [3.63, 3.8) is 0 Å². The van der Waals surface area contributed by atoms with E-state index in [9.17, 15) is 8.78 Å². The van der Waals surface area contributed by atoms with Crippen molar-refractivity contribution in [2.45, 2.75) is 6.54 Å². The number of fused-ring (bicyclic) bond motifs is 1. The van der Waals surface area contributed by atoms with Gasteiger partial charge in [-0.3, -0.25) is 4.98 Å². The fraction of sp³-hybridized carbons (Fsp3) is 0.0625. The number of benzene rings is 2. The molecule has 0 bridgehead atoms. The van der Waals surface area contributed by atoms with Crippen LogP contribution in [0.4, 0.5) is 14.5 Å². The van der Waals surface area contributed by atoms with E-state index < -0.39 is 11.6 Å². The maximum Gasteiger partial charge on any atom is 0.181 e. The first kappa shape index (κ1) is 13.8. The van der Waals surface area contributed by atoms with Crippen LogP contribution in [0.3, 0.4) is 0 Å². The van der Waals surface area contributed by atoms with E-state index in [0.29, 0.717) is 11.6 Å². The first-order valence-corrected chi connectivity index (χ1v) is 6.74. The third-order valence-corrected chi connectivity index (χ3v) is 3.55. The third-order valence-electron chi connectivity index (χ3n) is 3.22. The molecule has 0 radical (unpaired) electrons. The first-order chi connectivity index (χ1) is 10.2. The fourth-order valence-electron chi connectivity index (χ4n) is 2.17. The summed E-state index contributed by atoms with van der Waals surface area (Å²) in [7, 11) is 0. The molecule has 0 saturated heterocycles. The van der Waals surface area contributed by atoms with Crippen molar-refractivity contribution in [3.05, 3.63) is 70.9 Å². The molecule has 3 rings (SSSR count). The average molecular weight is 305 g/mol. The molecule has 3 aromatic rings. The Morgan fingerprint density at radius 1 is 1.05 bits per heavy atom. The van der Waals surface area contributed by atoms with E-state index in [1.54, 1.807) is 18.3 Å². The highest BCUT2D eigenvalue weighted by Crippen LogP contribution is 2.26. The monoisotopic (exact) mass is 304 g/mol. The van der Waals surface area contributed by atoms with Crippen molar-refractivity contribution in [1.82, 2.24) is 4.98 Å². The van der Waals surface area contributed by atoms with Crippen LogP contribution in [0, 0.1) is 11.6 Å². The molecule has 0 spiro atoms. The summed E-state index contributed by atoms with van der Waals surface area (Å²) in [6.07, 6.45) is 1.67. The molecular weight excluding hydrogens is 294 g/mol. The molecule has 106 valence electrons. The molecule has 0 aliphatic carbocycles. The van der Waals surface area contributed by atoms with E-state index in [1.807, 2.05) is 12.1 Å². The zero-order chi connectivity index (χ0) is 14.8. The van der Waals surface area contributed by atoms with Gasteiger partial charge in [-0.2, -0.15) is 0 Å². The second kappa shape index (κ2) is 5.66. The minimum Gasteiger partial charge on any atom is -0.378 e. The van der Waals surface area contributed by atoms with Gasteiger partial charge < -0.3 is 5.32 Å². The van der Waals surface area contributed by atoms with E-state index in [-0.39, 0.29) is 5.69 Å². The Morgan fingerprint density at radius 2 is 1.90 bits per heavy atom. The lowest BCUT2D eigenvalue weighted by atomic mass is 10.1. The Kier molecular flexibility index (Phi) is 3.71. The topological polar surface area (TPSA) is 24.9 Å². The van der Waals surface area contributed by atoms with E-state index >= 15 is 0 Å². The van der Waals surface area contributed by atoms with Crippen molar-refractivity contribution in [1.29, 1.82) is 0 Å². The summed E-state index contributed by atoms with van der Waals surface area (Å²) in [6, 6.07) is 11.3. The van der Waals surface area contributed by atoms with Crippen molar-refractivity contribution in [2.75, 3.05) is 5.32 Å². The highest BCUT2D eigenvalue weighted by molar-refractivity contribution is 6.35. The number of halogens is 3. The average Bonchev–Trinajstić information content (AvgIpc) is 2.51. The van der Waals surface area contributed by atoms with Crippen LogP contribution in [0.2, 0.25) is 5.02 Å². The summed E-state index contributed by atoms with van der Waals surface area (Å²) in [5, 5.41) is 4.33. The summed E-state index contributed by atoms with van der Waals surface area (Å²) in [5.41, 5.74) is 1.72. The zero-order valence-corrected chi connectivity index (χ0v) is 11.7. The summed E-state index contributed by atoms with van der Waals surface area (Å²) in [4.78, 5) is 4.30. The Morgan fingerprint density at radius 3 is 2.76 bits per heavy atom. The first-order valence-electron chi connectivity index (χ1n) is 6.37. The Balaban J connectivity index is 1.92. The van der Waals surface area contributed by atoms with Gasteiger partial charge in [0, 0.05) is 23.2 Å². The van der Waals surface area contributed by atoms with Crippen molar-refractivity contribution >= 4 is 28.2 Å². The quantitative estimate of drug-likeness (QED) is 0.753. The van der Waals surface area contributed by atoms with Gasteiger partial charge in [0.1, 0.15) is 0 Å². The number of nitrogens with zero attached hydrogens (tertiary/aromatic N) is 1. The number of rotatable bonds is 3. The van der Waals surface area contributed by atoms with Gasteiger partial charge in [-0.15, -0.1) is 0 Å². The van der Waals surface area contributed by atoms with Crippen LogP contribution in [0.15, 0.2) is 48.7 Å². The second-order valence-corrected chi connectivity index (χ2v) is 4.97. The van der Waals surface area contributed by atoms with Gasteiger partial charge in [-0.1, -0.05) is 23.7 Å². The van der Waals surface area contributed by atoms with Crippen LogP contribution >= 0.6 is 11.6 Å². The third kappa shape index (κ3) is 2.67. The minimum atomic E-state index is -0.885. The predicted molar refractivity (Wildman–Crippen MR) is 80.4 cm³/mol. The lowest BCUT2D eigenvalue weighted by Gasteiger charge is -2.10. The number of aromatic nitrogens is 1. The van der Waals surface area contributed by atoms with Crippen molar-refractivity contribution in [2.24, 2.45) is 0 Å². The van der Waals surface area contributed by atoms with Gasteiger partial charge in [-0.05, 0) is 35.9 Å². The molecule has 0 saturated carbocycles. The smallest absolute Gasteiger partial charge is 0.181 e.